The lowest BCUT2D eigenvalue weighted by atomic mass is 9.98. The lowest BCUT2D eigenvalue weighted by molar-refractivity contribution is -0.136. The molecule has 2 amide bonds. The van der Waals surface area contributed by atoms with Gasteiger partial charge < -0.3 is 19.5 Å². The van der Waals surface area contributed by atoms with Crippen LogP contribution in [0.1, 0.15) is 47.9 Å². The van der Waals surface area contributed by atoms with E-state index in [-0.39, 0.29) is 24.3 Å². The normalized spacial score (nSPS) is 16.7. The van der Waals surface area contributed by atoms with Crippen molar-refractivity contribution in [2.24, 2.45) is 5.92 Å². The maximum atomic E-state index is 13.0. The summed E-state index contributed by atoms with van der Waals surface area (Å²) in [7, 11) is 0. The molecule has 2 aromatic rings. The smallest absolute Gasteiger partial charge is 0.253 e. The molecule has 1 aliphatic rings. The van der Waals surface area contributed by atoms with Crippen LogP contribution in [0.5, 0.6) is 0 Å². The molecular formula is C27H34N4O4S. The van der Waals surface area contributed by atoms with E-state index in [2.05, 4.69) is 5.32 Å². The summed E-state index contributed by atoms with van der Waals surface area (Å²) >= 11 is -1.03. The van der Waals surface area contributed by atoms with E-state index in [1.165, 1.54) is 0 Å². The van der Waals surface area contributed by atoms with E-state index in [1.54, 1.807) is 23.3 Å². The van der Waals surface area contributed by atoms with Crippen LogP contribution >= 0.6 is 0 Å². The molecule has 3 unspecified atom stereocenters. The topological polar surface area (TPSA) is 109 Å². The Morgan fingerprint density at radius 1 is 1.06 bits per heavy atom. The van der Waals surface area contributed by atoms with Crippen molar-refractivity contribution in [3.8, 4) is 6.07 Å². The van der Waals surface area contributed by atoms with Gasteiger partial charge in [0.25, 0.3) is 5.91 Å². The predicted molar refractivity (Wildman–Crippen MR) is 139 cm³/mol. The van der Waals surface area contributed by atoms with Crippen molar-refractivity contribution in [2.75, 3.05) is 39.0 Å². The van der Waals surface area contributed by atoms with Crippen molar-refractivity contribution in [3.05, 3.63) is 71.3 Å². The number of nitriles is 1. The minimum absolute atomic E-state index is 0.0613. The first-order chi connectivity index (χ1) is 17.3. The summed E-state index contributed by atoms with van der Waals surface area (Å²) < 4.78 is 19.9. The fourth-order valence-electron chi connectivity index (χ4n) is 4.17. The van der Waals surface area contributed by atoms with E-state index in [0.717, 1.165) is 11.1 Å². The molecule has 8 nitrogen and oxygen atoms in total. The lowest BCUT2D eigenvalue weighted by Gasteiger charge is -2.33. The quantitative estimate of drug-likeness (QED) is 0.389. The van der Waals surface area contributed by atoms with Crippen molar-refractivity contribution in [2.45, 2.75) is 32.5 Å². The minimum Gasteiger partial charge on any atom is -0.598 e. The van der Waals surface area contributed by atoms with Gasteiger partial charge in [-0.25, -0.2) is 0 Å². The highest BCUT2D eigenvalue weighted by Crippen LogP contribution is 2.29. The molecule has 0 spiro atoms. The molecule has 0 saturated carbocycles. The highest BCUT2D eigenvalue weighted by atomic mass is 32.2. The van der Waals surface area contributed by atoms with E-state index >= 15 is 0 Å². The molecule has 1 aliphatic heterocycles. The molecule has 1 heterocycles. The number of nitrogens with zero attached hydrogens (tertiary/aromatic N) is 3. The molecule has 3 rings (SSSR count). The summed E-state index contributed by atoms with van der Waals surface area (Å²) in [6.07, 6.45) is 0.909. The van der Waals surface area contributed by atoms with Gasteiger partial charge in [0.1, 0.15) is 25.0 Å². The van der Waals surface area contributed by atoms with Crippen LogP contribution < -0.4 is 5.32 Å². The number of piperazine rings is 1. The fraction of sp³-hybridized carbons (Fsp3) is 0.444. The zero-order valence-corrected chi connectivity index (χ0v) is 21.9. The maximum absolute atomic E-state index is 13.0. The van der Waals surface area contributed by atoms with Gasteiger partial charge in [0, 0.05) is 30.0 Å². The monoisotopic (exact) mass is 510 g/mol. The number of carbonyl (C=O) groups is 2. The number of hydrogen-bond acceptors (Lipinski definition) is 6. The molecule has 2 aromatic carbocycles. The Hall–Kier alpha value is -2.90. The Balaban J connectivity index is 1.80. The largest absolute Gasteiger partial charge is 0.598 e. The summed E-state index contributed by atoms with van der Waals surface area (Å²) in [5.74, 6) is -0.163. The maximum Gasteiger partial charge on any atom is 0.253 e. The zero-order valence-electron chi connectivity index (χ0n) is 21.1. The van der Waals surface area contributed by atoms with E-state index in [0.29, 0.717) is 38.2 Å². The van der Waals surface area contributed by atoms with Gasteiger partial charge in [0.2, 0.25) is 5.91 Å². The first-order valence-electron chi connectivity index (χ1n) is 12.1. The second-order valence-electron chi connectivity index (χ2n) is 9.19. The highest BCUT2D eigenvalue weighted by molar-refractivity contribution is 7.88. The molecule has 3 atom stereocenters. The predicted octanol–water partition coefficient (Wildman–Crippen LogP) is 2.90. The van der Waals surface area contributed by atoms with Crippen molar-refractivity contribution in [3.63, 3.8) is 0 Å². The van der Waals surface area contributed by atoms with E-state index < -0.39 is 23.6 Å². The Morgan fingerprint density at radius 3 is 2.22 bits per heavy atom. The van der Waals surface area contributed by atoms with Crippen molar-refractivity contribution >= 4 is 23.2 Å². The van der Waals surface area contributed by atoms with E-state index in [1.807, 2.05) is 66.7 Å². The molecule has 0 aliphatic carbocycles. The molecule has 1 N–H and O–H groups in total. The number of ether oxygens (including phenoxy) is 1. The number of amides is 2. The van der Waals surface area contributed by atoms with Gasteiger partial charge in [-0.3, -0.25) is 9.59 Å². The third-order valence-electron chi connectivity index (χ3n) is 6.07. The first kappa shape index (κ1) is 27.7. The van der Waals surface area contributed by atoms with Crippen LogP contribution in [0, 0.1) is 17.2 Å². The molecule has 0 bridgehead atoms. The summed E-state index contributed by atoms with van der Waals surface area (Å²) in [5, 5.41) is 11.5. The highest BCUT2D eigenvalue weighted by Gasteiger charge is 2.28. The average Bonchev–Trinajstić information content (AvgIpc) is 2.89. The van der Waals surface area contributed by atoms with Gasteiger partial charge in [-0.05, 0) is 35.6 Å². The number of nitrogens with one attached hydrogen (secondary N) is 1. The van der Waals surface area contributed by atoms with Crippen LogP contribution in [-0.2, 0) is 20.9 Å². The fourth-order valence-corrected chi connectivity index (χ4v) is 4.84. The van der Waals surface area contributed by atoms with Crippen LogP contribution in [0.15, 0.2) is 54.6 Å². The van der Waals surface area contributed by atoms with Gasteiger partial charge in [0.05, 0.1) is 19.2 Å². The first-order valence-corrected chi connectivity index (χ1v) is 13.6. The Labute approximate surface area is 216 Å². The average molecular weight is 511 g/mol. The van der Waals surface area contributed by atoms with Crippen molar-refractivity contribution in [1.29, 1.82) is 5.26 Å². The number of hydrogen-bond donors (Lipinski definition) is 1. The van der Waals surface area contributed by atoms with Crippen LogP contribution in [0.3, 0.4) is 0 Å². The third kappa shape index (κ3) is 7.55. The van der Waals surface area contributed by atoms with E-state index in [4.69, 9.17) is 10.00 Å². The van der Waals surface area contributed by atoms with Crippen LogP contribution in [0.25, 0.3) is 0 Å². The molecule has 192 valence electrons. The summed E-state index contributed by atoms with van der Waals surface area (Å²) in [6, 6.07) is 18.9. The number of carbonyl (C=O) groups excluding carboxylic acids is 2. The van der Waals surface area contributed by atoms with Gasteiger partial charge >= 0.3 is 0 Å². The van der Waals surface area contributed by atoms with Gasteiger partial charge in [-0.1, -0.05) is 56.3 Å². The van der Waals surface area contributed by atoms with Crippen LogP contribution in [-0.4, -0.2) is 70.7 Å². The number of benzene rings is 2. The van der Waals surface area contributed by atoms with Crippen LogP contribution in [0.4, 0.5) is 0 Å². The lowest BCUT2D eigenvalue weighted by Crippen LogP contribution is -2.50. The van der Waals surface area contributed by atoms with Crippen molar-refractivity contribution in [1.82, 2.24) is 14.5 Å². The van der Waals surface area contributed by atoms with Gasteiger partial charge in [0.15, 0.2) is 0 Å². The summed E-state index contributed by atoms with van der Waals surface area (Å²) in [4.78, 5) is 27.6. The van der Waals surface area contributed by atoms with Crippen molar-refractivity contribution < 1.29 is 18.9 Å². The summed E-state index contributed by atoms with van der Waals surface area (Å²) in [5.41, 5.74) is 2.29. The minimum atomic E-state index is -1.03. The Bertz CT molecular complexity index is 1030. The molecule has 9 heteroatoms. The van der Waals surface area contributed by atoms with E-state index in [9.17, 15) is 14.1 Å². The van der Waals surface area contributed by atoms with Gasteiger partial charge in [-0.2, -0.15) is 5.26 Å². The zero-order chi connectivity index (χ0) is 26.1. The Morgan fingerprint density at radius 2 is 1.67 bits per heavy atom. The molecule has 1 saturated heterocycles. The SMILES string of the molecule is CC(C)CC(OC(c1ccccc1)c1ccc(C(=O)N2CCN([S+](C)[O-])CC2)cc1)C(=O)NCC#N. The summed E-state index contributed by atoms with van der Waals surface area (Å²) in [6.45, 7) is 6.19. The molecule has 36 heavy (non-hydrogen) atoms. The molecule has 1 fully saturated rings. The standard InChI is InChI=1S/C27H34N4O4S/c1-20(2)19-24(26(32)29-14-13-28)35-25(21-7-5-4-6-8-21)22-9-11-23(12-10-22)27(33)30-15-17-31(18-16-30)36(3)34/h4-12,20,24-25H,14-19H2,1-3H3,(H,29,32). The molecule has 0 radical (unpaired) electrons. The number of rotatable bonds is 10. The molecular weight excluding hydrogens is 476 g/mol. The third-order valence-corrected chi connectivity index (χ3v) is 7.16. The molecule has 0 aromatic heterocycles. The second kappa shape index (κ2) is 13.4. The van der Waals surface area contributed by atoms with Crippen LogP contribution in [0.2, 0.25) is 0 Å². The second-order valence-corrected chi connectivity index (χ2v) is 10.6. The Kier molecular flexibility index (Phi) is 10.3. The van der Waals surface area contributed by atoms with Gasteiger partial charge in [-0.15, -0.1) is 4.31 Å².